The predicted molar refractivity (Wildman–Crippen MR) is 112 cm³/mol. The van der Waals surface area contributed by atoms with E-state index in [1.807, 2.05) is 12.1 Å². The number of aryl methyl sites for hydroxylation is 1. The number of rotatable bonds is 4. The predicted octanol–water partition coefficient (Wildman–Crippen LogP) is 4.46. The highest BCUT2D eigenvalue weighted by Gasteiger charge is 2.28. The van der Waals surface area contributed by atoms with E-state index in [2.05, 4.69) is 36.1 Å². The Morgan fingerprint density at radius 2 is 1.90 bits per heavy atom. The second-order valence-electron chi connectivity index (χ2n) is 7.81. The summed E-state index contributed by atoms with van der Waals surface area (Å²) in [5.41, 5.74) is 3.85. The van der Waals surface area contributed by atoms with Crippen molar-refractivity contribution < 1.29 is 13.9 Å². The van der Waals surface area contributed by atoms with Crippen molar-refractivity contribution in [3.8, 4) is 11.5 Å². The van der Waals surface area contributed by atoms with Gasteiger partial charge in [0, 0.05) is 24.0 Å². The quantitative estimate of drug-likeness (QED) is 0.615. The molecule has 0 saturated carbocycles. The summed E-state index contributed by atoms with van der Waals surface area (Å²) >= 11 is 0. The molecule has 1 atom stereocenters. The third-order valence-corrected chi connectivity index (χ3v) is 5.99. The molecule has 150 valence electrons. The molecule has 29 heavy (non-hydrogen) atoms. The van der Waals surface area contributed by atoms with Gasteiger partial charge in [0.15, 0.2) is 11.5 Å². The Bertz CT molecular complexity index is 1100. The summed E-state index contributed by atoms with van der Waals surface area (Å²) in [6.45, 7) is 5.04. The number of hydrogen-bond donors (Lipinski definition) is 0. The van der Waals surface area contributed by atoms with Crippen LogP contribution in [0.25, 0.3) is 11.0 Å². The molecule has 3 aromatic rings. The summed E-state index contributed by atoms with van der Waals surface area (Å²) in [4.78, 5) is 14.6. The first-order chi connectivity index (χ1) is 14.2. The summed E-state index contributed by atoms with van der Waals surface area (Å²) in [6.07, 6.45) is 3.15. The Labute approximate surface area is 169 Å². The van der Waals surface area contributed by atoms with Crippen LogP contribution in [0.3, 0.4) is 0 Å². The number of ether oxygens (including phenoxy) is 2. The van der Waals surface area contributed by atoms with Gasteiger partial charge < -0.3 is 13.9 Å². The molecule has 0 radical (unpaired) electrons. The molecule has 5 rings (SSSR count). The Hall–Kier alpha value is -2.79. The highest BCUT2D eigenvalue weighted by Crippen LogP contribution is 2.39. The van der Waals surface area contributed by atoms with Crippen molar-refractivity contribution in [2.24, 2.45) is 0 Å². The maximum atomic E-state index is 12.2. The number of likely N-dealkylation sites (tertiary alicyclic amines) is 1. The van der Waals surface area contributed by atoms with Crippen LogP contribution >= 0.6 is 0 Å². The molecule has 1 saturated heterocycles. The smallest absolute Gasteiger partial charge is 0.336 e. The van der Waals surface area contributed by atoms with E-state index in [4.69, 9.17) is 13.9 Å². The zero-order chi connectivity index (χ0) is 19.8. The monoisotopic (exact) mass is 391 g/mol. The van der Waals surface area contributed by atoms with Gasteiger partial charge in [-0.25, -0.2) is 4.79 Å². The topological polar surface area (TPSA) is 51.9 Å². The Morgan fingerprint density at radius 1 is 1.03 bits per heavy atom. The third kappa shape index (κ3) is 3.51. The molecule has 2 aliphatic heterocycles. The zero-order valence-corrected chi connectivity index (χ0v) is 16.6. The van der Waals surface area contributed by atoms with Crippen LogP contribution in [0.4, 0.5) is 0 Å². The molecule has 2 aromatic carbocycles. The number of benzene rings is 2. The summed E-state index contributed by atoms with van der Waals surface area (Å²) in [5, 5.41) is 1.02. The summed E-state index contributed by atoms with van der Waals surface area (Å²) < 4.78 is 16.9. The van der Waals surface area contributed by atoms with Crippen molar-refractivity contribution in [3.05, 3.63) is 69.6 Å². The van der Waals surface area contributed by atoms with Crippen LogP contribution in [0.1, 0.15) is 42.5 Å². The van der Waals surface area contributed by atoms with Gasteiger partial charge in [-0.3, -0.25) is 4.90 Å². The largest absolute Gasteiger partial charge is 0.486 e. The molecule has 2 aliphatic rings. The van der Waals surface area contributed by atoms with Gasteiger partial charge in [-0.1, -0.05) is 25.1 Å². The molecule has 1 fully saturated rings. The van der Waals surface area contributed by atoms with Crippen LogP contribution in [0.2, 0.25) is 0 Å². The van der Waals surface area contributed by atoms with Crippen LogP contribution in [0.5, 0.6) is 11.5 Å². The highest BCUT2D eigenvalue weighted by molar-refractivity contribution is 5.80. The second-order valence-corrected chi connectivity index (χ2v) is 7.81. The van der Waals surface area contributed by atoms with Crippen molar-refractivity contribution in [2.75, 3.05) is 19.8 Å². The normalized spacial score (nSPS) is 19.0. The highest BCUT2D eigenvalue weighted by atomic mass is 16.6. The van der Waals surface area contributed by atoms with Crippen LogP contribution in [-0.4, -0.2) is 24.7 Å². The van der Waals surface area contributed by atoms with Gasteiger partial charge in [0.2, 0.25) is 0 Å². The molecular weight excluding hydrogens is 366 g/mol. The van der Waals surface area contributed by atoms with Crippen LogP contribution in [0.15, 0.2) is 51.7 Å². The zero-order valence-electron chi connectivity index (χ0n) is 16.6. The average molecular weight is 391 g/mol. The van der Waals surface area contributed by atoms with Crippen LogP contribution in [-0.2, 0) is 13.0 Å². The van der Waals surface area contributed by atoms with E-state index in [0.29, 0.717) is 24.8 Å². The van der Waals surface area contributed by atoms with E-state index >= 15 is 0 Å². The lowest BCUT2D eigenvalue weighted by atomic mass is 10.0. The van der Waals surface area contributed by atoms with E-state index in [1.165, 1.54) is 11.1 Å². The minimum atomic E-state index is -0.282. The van der Waals surface area contributed by atoms with E-state index < -0.39 is 0 Å². The van der Waals surface area contributed by atoms with Crippen molar-refractivity contribution in [3.63, 3.8) is 0 Å². The lowest BCUT2D eigenvalue weighted by molar-refractivity contribution is 0.170. The minimum Gasteiger partial charge on any atom is -0.486 e. The molecule has 0 unspecified atom stereocenters. The first-order valence-electron chi connectivity index (χ1n) is 10.4. The molecule has 0 aliphatic carbocycles. The van der Waals surface area contributed by atoms with Crippen LogP contribution in [0, 0.1) is 0 Å². The standard InChI is InChI=1S/C24H25NO4/c1-2-16-5-7-19-18(14-24(26)29-22(19)12-16)15-25-9-3-4-20(25)17-6-8-21-23(13-17)28-11-10-27-21/h5-8,12-14,20H,2-4,9-11,15H2,1H3/t20-/m0/s1. The molecule has 0 bridgehead atoms. The first-order valence-corrected chi connectivity index (χ1v) is 10.4. The molecule has 0 spiro atoms. The summed E-state index contributed by atoms with van der Waals surface area (Å²) in [6, 6.07) is 14.4. The molecule has 0 amide bonds. The Morgan fingerprint density at radius 3 is 2.76 bits per heavy atom. The van der Waals surface area contributed by atoms with Gasteiger partial charge in [-0.05, 0) is 60.7 Å². The lowest BCUT2D eigenvalue weighted by Gasteiger charge is -2.27. The minimum absolute atomic E-state index is 0.282. The number of nitrogens with zero attached hydrogens (tertiary/aromatic N) is 1. The van der Waals surface area contributed by atoms with Crippen LogP contribution < -0.4 is 15.1 Å². The van der Waals surface area contributed by atoms with Crippen molar-refractivity contribution in [1.82, 2.24) is 4.90 Å². The Balaban J connectivity index is 1.46. The summed E-state index contributed by atoms with van der Waals surface area (Å²) in [7, 11) is 0. The van der Waals surface area contributed by atoms with Gasteiger partial charge >= 0.3 is 5.63 Å². The van der Waals surface area contributed by atoms with Crippen molar-refractivity contribution in [2.45, 2.75) is 38.8 Å². The molecule has 0 N–H and O–H groups in total. The van der Waals surface area contributed by atoms with Crippen molar-refractivity contribution in [1.29, 1.82) is 0 Å². The SMILES string of the molecule is CCc1ccc2c(CN3CCC[C@H]3c3ccc4c(c3)OCCO4)cc(=O)oc2c1. The molecule has 5 nitrogen and oxygen atoms in total. The molecule has 3 heterocycles. The maximum Gasteiger partial charge on any atom is 0.336 e. The van der Waals surface area contributed by atoms with Gasteiger partial charge in [0.25, 0.3) is 0 Å². The average Bonchev–Trinajstić information content (AvgIpc) is 3.21. The van der Waals surface area contributed by atoms with Gasteiger partial charge in [0.1, 0.15) is 18.8 Å². The number of hydrogen-bond acceptors (Lipinski definition) is 5. The van der Waals surface area contributed by atoms with E-state index in [0.717, 1.165) is 54.8 Å². The van der Waals surface area contributed by atoms with Gasteiger partial charge in [0.05, 0.1) is 0 Å². The first kappa shape index (κ1) is 18.3. The van der Waals surface area contributed by atoms with Gasteiger partial charge in [-0.2, -0.15) is 0 Å². The molecule has 1 aromatic heterocycles. The lowest BCUT2D eigenvalue weighted by Crippen LogP contribution is -2.24. The Kier molecular flexibility index (Phi) is 4.76. The van der Waals surface area contributed by atoms with E-state index in [1.54, 1.807) is 6.07 Å². The van der Waals surface area contributed by atoms with Gasteiger partial charge in [-0.15, -0.1) is 0 Å². The fraction of sp³-hybridized carbons (Fsp3) is 0.375. The van der Waals surface area contributed by atoms with E-state index in [-0.39, 0.29) is 5.63 Å². The number of fused-ring (bicyclic) bond motifs is 2. The second kappa shape index (κ2) is 7.56. The fourth-order valence-electron chi connectivity index (χ4n) is 4.50. The van der Waals surface area contributed by atoms with Crippen molar-refractivity contribution >= 4 is 11.0 Å². The molecular formula is C24H25NO4. The van der Waals surface area contributed by atoms with E-state index in [9.17, 15) is 4.79 Å². The maximum absolute atomic E-state index is 12.2. The third-order valence-electron chi connectivity index (χ3n) is 5.99. The summed E-state index contributed by atoms with van der Waals surface area (Å²) in [5.74, 6) is 1.65. The molecule has 5 heteroatoms. The fourth-order valence-corrected chi connectivity index (χ4v) is 4.50.